The highest BCUT2D eigenvalue weighted by Crippen LogP contribution is 2.37. The van der Waals surface area contributed by atoms with Crippen LogP contribution in [0.4, 0.5) is 5.82 Å². The molecule has 29 heavy (non-hydrogen) atoms. The molecular weight excluding hydrogens is 404 g/mol. The maximum absolute atomic E-state index is 13.0. The zero-order valence-corrected chi connectivity index (χ0v) is 19.0. The highest BCUT2D eigenvalue weighted by atomic mass is 32.2. The van der Waals surface area contributed by atoms with Crippen LogP contribution in [0, 0.1) is 18.3 Å². The Morgan fingerprint density at radius 1 is 1.28 bits per heavy atom. The summed E-state index contributed by atoms with van der Waals surface area (Å²) in [4.78, 5) is 30.4. The third-order valence-electron chi connectivity index (χ3n) is 5.70. The Hall–Kier alpha value is -2.11. The van der Waals surface area contributed by atoms with Crippen LogP contribution in [-0.4, -0.2) is 38.8 Å². The van der Waals surface area contributed by atoms with Crippen molar-refractivity contribution in [3.8, 4) is 6.07 Å². The Labute approximate surface area is 181 Å². The lowest BCUT2D eigenvalue weighted by Crippen LogP contribution is -2.36. The number of nitrogens with zero attached hydrogens (tertiary/aromatic N) is 4. The van der Waals surface area contributed by atoms with Crippen LogP contribution in [0.5, 0.6) is 0 Å². The van der Waals surface area contributed by atoms with Crippen molar-refractivity contribution in [3.05, 3.63) is 31.9 Å². The molecule has 6 nitrogen and oxygen atoms in total. The smallest absolute Gasteiger partial charge is 0.270 e. The zero-order chi connectivity index (χ0) is 21.3. The quantitative estimate of drug-likeness (QED) is 0.525. The van der Waals surface area contributed by atoms with E-state index < -0.39 is 0 Å². The number of anilines is 1. The highest BCUT2D eigenvalue weighted by Gasteiger charge is 2.35. The Morgan fingerprint density at radius 2 is 1.93 bits per heavy atom. The minimum Gasteiger partial charge on any atom is -0.357 e. The summed E-state index contributed by atoms with van der Waals surface area (Å²) in [5.74, 6) is 0.703. The summed E-state index contributed by atoms with van der Waals surface area (Å²) in [5, 5.41) is 9.60. The van der Waals surface area contributed by atoms with Gasteiger partial charge in [-0.25, -0.2) is 0 Å². The molecule has 1 amide bonds. The fraction of sp³-hybridized carbons (Fsp3) is 0.524. The van der Waals surface area contributed by atoms with Gasteiger partial charge in [0.1, 0.15) is 21.8 Å². The molecule has 0 saturated carbocycles. The molecule has 0 N–H and O–H groups in total. The predicted molar refractivity (Wildman–Crippen MR) is 122 cm³/mol. The van der Waals surface area contributed by atoms with Gasteiger partial charge in [0.05, 0.1) is 4.91 Å². The number of rotatable bonds is 5. The number of amides is 1. The Kier molecular flexibility index (Phi) is 6.49. The van der Waals surface area contributed by atoms with Crippen molar-refractivity contribution in [1.29, 1.82) is 5.26 Å². The van der Waals surface area contributed by atoms with E-state index in [-0.39, 0.29) is 23.1 Å². The largest absolute Gasteiger partial charge is 0.357 e. The summed E-state index contributed by atoms with van der Waals surface area (Å²) >= 11 is 6.75. The van der Waals surface area contributed by atoms with Gasteiger partial charge in [-0.3, -0.25) is 19.1 Å². The molecule has 1 aromatic rings. The third-order valence-corrected chi connectivity index (χ3v) is 7.03. The number of thioether (sulfide) groups is 1. The molecule has 1 aromatic heterocycles. The molecular formula is C21H26N4O2S2. The monoisotopic (exact) mass is 430 g/mol. The van der Waals surface area contributed by atoms with Crippen molar-refractivity contribution < 1.29 is 4.79 Å². The van der Waals surface area contributed by atoms with Crippen molar-refractivity contribution in [2.45, 2.75) is 59.5 Å². The first-order valence-electron chi connectivity index (χ1n) is 10.0. The van der Waals surface area contributed by atoms with Gasteiger partial charge >= 0.3 is 0 Å². The lowest BCUT2D eigenvalue weighted by molar-refractivity contribution is -0.123. The second kappa shape index (κ2) is 8.72. The molecule has 2 aliphatic rings. The van der Waals surface area contributed by atoms with Crippen molar-refractivity contribution in [2.75, 3.05) is 18.0 Å². The molecule has 0 aliphatic carbocycles. The number of pyridine rings is 1. The van der Waals surface area contributed by atoms with E-state index in [1.807, 2.05) is 26.8 Å². The molecule has 1 unspecified atom stereocenters. The topological polar surface area (TPSA) is 69.3 Å². The van der Waals surface area contributed by atoms with Crippen LogP contribution >= 0.6 is 24.0 Å². The van der Waals surface area contributed by atoms with Gasteiger partial charge in [0.2, 0.25) is 0 Å². The maximum atomic E-state index is 13.0. The first-order valence-corrected chi connectivity index (χ1v) is 11.3. The van der Waals surface area contributed by atoms with Crippen LogP contribution in [-0.2, 0) is 11.3 Å². The summed E-state index contributed by atoms with van der Waals surface area (Å²) in [6.07, 6.45) is 4.77. The molecule has 8 heteroatoms. The van der Waals surface area contributed by atoms with Gasteiger partial charge < -0.3 is 4.90 Å². The van der Waals surface area contributed by atoms with Crippen LogP contribution in [0.25, 0.3) is 6.08 Å². The van der Waals surface area contributed by atoms with Gasteiger partial charge in [0, 0.05) is 31.2 Å². The average Bonchev–Trinajstić information content (AvgIpc) is 3.32. The van der Waals surface area contributed by atoms with Crippen molar-refractivity contribution >= 4 is 46.1 Å². The number of carbonyl (C=O) groups is 1. The van der Waals surface area contributed by atoms with Gasteiger partial charge in [0.25, 0.3) is 11.5 Å². The zero-order valence-electron chi connectivity index (χ0n) is 17.3. The number of thiocarbonyl (C=S) groups is 1. The number of nitriles is 1. The molecule has 2 fully saturated rings. The van der Waals surface area contributed by atoms with E-state index in [1.165, 1.54) is 11.8 Å². The summed E-state index contributed by atoms with van der Waals surface area (Å²) in [7, 11) is 0. The maximum Gasteiger partial charge on any atom is 0.270 e. The van der Waals surface area contributed by atoms with Crippen LogP contribution in [0.1, 0.15) is 56.7 Å². The van der Waals surface area contributed by atoms with Gasteiger partial charge in [-0.2, -0.15) is 5.26 Å². The Morgan fingerprint density at radius 3 is 2.48 bits per heavy atom. The normalized spacial score (nSPS) is 19.3. The number of hydrogen-bond donors (Lipinski definition) is 0. The Balaban J connectivity index is 2.22. The molecule has 2 saturated heterocycles. The molecule has 1 atom stereocenters. The van der Waals surface area contributed by atoms with Crippen molar-refractivity contribution in [1.82, 2.24) is 9.47 Å². The first kappa shape index (κ1) is 21.6. The van der Waals surface area contributed by atoms with Gasteiger partial charge in [0.15, 0.2) is 0 Å². The molecule has 3 rings (SSSR count). The standard InChI is InChI=1S/C21H26N4O2S2/c1-5-13(3)25-20(27)17(29-21(25)28)11-15-14(4)16(12-22)19(26)24(6-2)18(15)23-9-7-8-10-23/h11,13H,5-10H2,1-4H3/b17-11+. The molecule has 3 heterocycles. The third kappa shape index (κ3) is 3.74. The van der Waals surface area contributed by atoms with Crippen LogP contribution in [0.3, 0.4) is 0 Å². The Bertz CT molecular complexity index is 984. The molecule has 0 spiro atoms. The van der Waals surface area contributed by atoms with Crippen molar-refractivity contribution in [2.24, 2.45) is 0 Å². The molecule has 0 radical (unpaired) electrons. The van der Waals surface area contributed by atoms with Gasteiger partial charge in [-0.05, 0) is 51.7 Å². The van der Waals surface area contributed by atoms with Crippen LogP contribution in [0.2, 0.25) is 0 Å². The molecule has 154 valence electrons. The summed E-state index contributed by atoms with van der Waals surface area (Å²) in [6, 6.07) is 2.10. The van der Waals surface area contributed by atoms with Crippen LogP contribution in [0.15, 0.2) is 9.70 Å². The second-order valence-corrected chi connectivity index (χ2v) is 9.08. The molecule has 2 aliphatic heterocycles. The number of hydrogen-bond acceptors (Lipinski definition) is 6. The van der Waals surface area contributed by atoms with E-state index in [2.05, 4.69) is 11.0 Å². The molecule has 0 aromatic carbocycles. The van der Waals surface area contributed by atoms with Gasteiger partial charge in [-0.15, -0.1) is 0 Å². The summed E-state index contributed by atoms with van der Waals surface area (Å²) < 4.78 is 2.22. The summed E-state index contributed by atoms with van der Waals surface area (Å²) in [6.45, 7) is 9.90. The second-order valence-electron chi connectivity index (χ2n) is 7.40. The number of aromatic nitrogens is 1. The van der Waals surface area contributed by atoms with E-state index in [0.29, 0.717) is 21.3 Å². The average molecular weight is 431 g/mol. The predicted octanol–water partition coefficient (Wildman–Crippen LogP) is 3.65. The van der Waals surface area contributed by atoms with E-state index in [0.717, 1.165) is 43.7 Å². The lowest BCUT2D eigenvalue weighted by Gasteiger charge is -2.26. The van der Waals surface area contributed by atoms with E-state index in [1.54, 1.807) is 16.4 Å². The minimum absolute atomic E-state index is 0.0341. The van der Waals surface area contributed by atoms with Crippen molar-refractivity contribution in [3.63, 3.8) is 0 Å². The van der Waals surface area contributed by atoms with Gasteiger partial charge in [-0.1, -0.05) is 30.9 Å². The number of carbonyl (C=O) groups excluding carboxylic acids is 1. The fourth-order valence-electron chi connectivity index (χ4n) is 3.88. The first-order chi connectivity index (χ1) is 13.8. The van der Waals surface area contributed by atoms with Crippen LogP contribution < -0.4 is 10.5 Å². The fourth-order valence-corrected chi connectivity index (χ4v) is 5.32. The highest BCUT2D eigenvalue weighted by molar-refractivity contribution is 8.26. The minimum atomic E-state index is -0.265. The van der Waals surface area contributed by atoms with E-state index in [9.17, 15) is 14.9 Å². The molecule has 0 bridgehead atoms. The lowest BCUT2D eigenvalue weighted by atomic mass is 10.0. The van der Waals surface area contributed by atoms with E-state index in [4.69, 9.17) is 12.2 Å². The SMILES string of the molecule is CCC(C)N1C(=O)/C(=C\c2c(C)c(C#N)c(=O)n(CC)c2N2CCCC2)SC1=S. The van der Waals surface area contributed by atoms with E-state index >= 15 is 0 Å². The summed E-state index contributed by atoms with van der Waals surface area (Å²) in [5.41, 5.74) is 1.27.